The van der Waals surface area contributed by atoms with Gasteiger partial charge in [-0.3, -0.25) is 0 Å². The van der Waals surface area contributed by atoms with Gasteiger partial charge < -0.3 is 4.74 Å². The summed E-state index contributed by atoms with van der Waals surface area (Å²) in [5.74, 6) is 0. The quantitative estimate of drug-likeness (QED) is 0.410. The molecule has 1 heterocycles. The van der Waals surface area contributed by atoms with E-state index in [0.717, 1.165) is 0 Å². The lowest BCUT2D eigenvalue weighted by Gasteiger charge is -2.12. The van der Waals surface area contributed by atoms with Gasteiger partial charge in [0.05, 0.1) is 0 Å². The van der Waals surface area contributed by atoms with E-state index < -0.39 is 0 Å². The second-order valence-corrected chi connectivity index (χ2v) is 4.18. The maximum Gasteiger partial charge on any atom is 0.139 e. The van der Waals surface area contributed by atoms with Crippen molar-refractivity contribution in [2.45, 2.75) is 31.9 Å². The second kappa shape index (κ2) is 1.71. The number of hydrogen-bond acceptors (Lipinski definition) is 1. The van der Waals surface area contributed by atoms with E-state index in [9.17, 15) is 0 Å². The Kier molecular flexibility index (Phi) is 1.40. The fraction of sp³-hybridized carbons (Fsp3) is 1.00. The highest BCUT2D eigenvalue weighted by Crippen LogP contribution is 2.40. The van der Waals surface area contributed by atoms with E-state index in [1.807, 2.05) is 0 Å². The van der Waals surface area contributed by atoms with E-state index in [4.69, 9.17) is 4.74 Å². The van der Waals surface area contributed by atoms with Gasteiger partial charge in [0.2, 0.25) is 0 Å². The van der Waals surface area contributed by atoms with Gasteiger partial charge in [-0.2, -0.15) is 0 Å². The van der Waals surface area contributed by atoms with Crippen molar-refractivity contribution in [2.24, 2.45) is 5.41 Å². The first-order valence-electron chi connectivity index (χ1n) is 2.81. The summed E-state index contributed by atoms with van der Waals surface area (Å²) in [6.45, 7) is 6.54. The number of alkyl halides is 1. The van der Waals surface area contributed by atoms with Crippen molar-refractivity contribution in [2.75, 3.05) is 0 Å². The molecular formula is C6H11BrO. The van der Waals surface area contributed by atoms with Crippen LogP contribution in [0.15, 0.2) is 0 Å². The van der Waals surface area contributed by atoms with Crippen LogP contribution < -0.4 is 0 Å². The van der Waals surface area contributed by atoms with Crippen molar-refractivity contribution >= 4 is 15.9 Å². The van der Waals surface area contributed by atoms with Gasteiger partial charge in [0.15, 0.2) is 0 Å². The Balaban J connectivity index is 2.39. The minimum absolute atomic E-state index is 0.314. The molecule has 0 radical (unpaired) electrons. The van der Waals surface area contributed by atoms with Crippen LogP contribution in [0.4, 0.5) is 0 Å². The molecule has 0 spiro atoms. The van der Waals surface area contributed by atoms with Crippen molar-refractivity contribution in [3.8, 4) is 0 Å². The zero-order chi connectivity index (χ0) is 6.36. The van der Waals surface area contributed by atoms with Gasteiger partial charge in [-0.05, 0) is 5.41 Å². The van der Waals surface area contributed by atoms with Crippen LogP contribution in [0.3, 0.4) is 0 Å². The van der Waals surface area contributed by atoms with Crippen molar-refractivity contribution < 1.29 is 4.74 Å². The molecule has 1 rings (SSSR count). The number of halogens is 1. The van der Waals surface area contributed by atoms with Gasteiger partial charge in [-0.25, -0.2) is 0 Å². The monoisotopic (exact) mass is 178 g/mol. The van der Waals surface area contributed by atoms with Crippen LogP contribution in [0.25, 0.3) is 0 Å². The van der Waals surface area contributed by atoms with Gasteiger partial charge >= 0.3 is 0 Å². The van der Waals surface area contributed by atoms with Crippen LogP contribution in [0.2, 0.25) is 0 Å². The highest BCUT2D eigenvalue weighted by Gasteiger charge is 2.45. The number of epoxide rings is 1. The first kappa shape index (κ1) is 6.56. The van der Waals surface area contributed by atoms with Crippen LogP contribution in [0.1, 0.15) is 20.8 Å². The molecule has 1 saturated heterocycles. The van der Waals surface area contributed by atoms with Crippen molar-refractivity contribution in [1.29, 1.82) is 0 Å². The van der Waals surface area contributed by atoms with Crippen LogP contribution >= 0.6 is 15.9 Å². The molecule has 0 aromatic heterocycles. The molecular weight excluding hydrogens is 168 g/mol. The minimum Gasteiger partial charge on any atom is -0.357 e. The standard InChI is InChI=1S/C6H11BrO/c1-6(2,3)4-5(7)8-4/h4-5H,1-3H3/t4-,5?/m1/s1. The molecule has 8 heavy (non-hydrogen) atoms. The van der Waals surface area contributed by atoms with Crippen LogP contribution in [0.5, 0.6) is 0 Å². The first-order valence-corrected chi connectivity index (χ1v) is 3.73. The predicted octanol–water partition coefficient (Wildman–Crippen LogP) is 2.15. The second-order valence-electron chi connectivity index (χ2n) is 3.27. The molecule has 1 aliphatic heterocycles. The maximum atomic E-state index is 5.20. The zero-order valence-electron chi connectivity index (χ0n) is 5.44. The average Bonchev–Trinajstić information content (AvgIpc) is 2.13. The SMILES string of the molecule is CC(C)(C)[C@@H]1OC1Br. The highest BCUT2D eigenvalue weighted by molar-refractivity contribution is 9.09. The number of hydrogen-bond donors (Lipinski definition) is 0. The normalized spacial score (nSPS) is 37.5. The average molecular weight is 179 g/mol. The molecule has 1 unspecified atom stereocenters. The lowest BCUT2D eigenvalue weighted by atomic mass is 9.93. The predicted molar refractivity (Wildman–Crippen MR) is 37.0 cm³/mol. The van der Waals surface area contributed by atoms with Gasteiger partial charge in [0.1, 0.15) is 11.1 Å². The Morgan fingerprint density at radius 2 is 1.75 bits per heavy atom. The Hall–Kier alpha value is 0.440. The molecule has 0 bridgehead atoms. The topological polar surface area (TPSA) is 12.5 Å². The molecule has 0 saturated carbocycles. The third-order valence-electron chi connectivity index (χ3n) is 1.29. The van der Waals surface area contributed by atoms with Gasteiger partial charge in [0, 0.05) is 0 Å². The lowest BCUT2D eigenvalue weighted by Crippen LogP contribution is -2.14. The zero-order valence-corrected chi connectivity index (χ0v) is 7.03. The number of rotatable bonds is 0. The molecule has 2 heteroatoms. The summed E-state index contributed by atoms with van der Waals surface area (Å²) in [5, 5.41) is 0.322. The number of ether oxygens (including phenoxy) is 1. The maximum absolute atomic E-state index is 5.20. The summed E-state index contributed by atoms with van der Waals surface area (Å²) in [5.41, 5.74) is 0.314. The first-order chi connectivity index (χ1) is 3.52. The summed E-state index contributed by atoms with van der Waals surface area (Å²) >= 11 is 3.36. The summed E-state index contributed by atoms with van der Waals surface area (Å²) in [7, 11) is 0. The fourth-order valence-corrected chi connectivity index (χ4v) is 1.72. The van der Waals surface area contributed by atoms with E-state index in [-0.39, 0.29) is 0 Å². The molecule has 0 aromatic carbocycles. The van der Waals surface area contributed by atoms with Crippen molar-refractivity contribution in [3.63, 3.8) is 0 Å². The molecule has 1 fully saturated rings. The highest BCUT2D eigenvalue weighted by atomic mass is 79.9. The van der Waals surface area contributed by atoms with Crippen molar-refractivity contribution in [1.82, 2.24) is 0 Å². The summed E-state index contributed by atoms with van der Waals surface area (Å²) in [6, 6.07) is 0. The van der Waals surface area contributed by atoms with E-state index >= 15 is 0 Å². The summed E-state index contributed by atoms with van der Waals surface area (Å²) in [6.07, 6.45) is 0.433. The fourth-order valence-electron chi connectivity index (χ4n) is 0.692. The third-order valence-corrected chi connectivity index (χ3v) is 1.99. The minimum atomic E-state index is 0.314. The van der Waals surface area contributed by atoms with Crippen LogP contribution in [-0.4, -0.2) is 11.1 Å². The Morgan fingerprint density at radius 1 is 1.38 bits per heavy atom. The van der Waals surface area contributed by atoms with Gasteiger partial charge in [-0.15, -0.1) is 0 Å². The van der Waals surface area contributed by atoms with Gasteiger partial charge in [-0.1, -0.05) is 36.7 Å². The van der Waals surface area contributed by atoms with E-state index in [2.05, 4.69) is 36.7 Å². The molecule has 0 amide bonds. The van der Waals surface area contributed by atoms with E-state index in [0.29, 0.717) is 16.5 Å². The molecule has 0 aliphatic carbocycles. The van der Waals surface area contributed by atoms with Crippen molar-refractivity contribution in [3.05, 3.63) is 0 Å². The van der Waals surface area contributed by atoms with Gasteiger partial charge in [0.25, 0.3) is 0 Å². The van der Waals surface area contributed by atoms with E-state index in [1.165, 1.54) is 0 Å². The molecule has 0 N–H and O–H groups in total. The Labute approximate surface area is 58.5 Å². The van der Waals surface area contributed by atoms with E-state index in [1.54, 1.807) is 0 Å². The lowest BCUT2D eigenvalue weighted by molar-refractivity contribution is 0.265. The molecule has 48 valence electrons. The van der Waals surface area contributed by atoms with Crippen LogP contribution in [0, 0.1) is 5.41 Å². The Bertz CT molecular complexity index is 95.2. The smallest absolute Gasteiger partial charge is 0.139 e. The molecule has 1 aliphatic rings. The third kappa shape index (κ3) is 1.23. The molecule has 2 atom stereocenters. The summed E-state index contributed by atoms with van der Waals surface area (Å²) in [4.78, 5) is 0. The van der Waals surface area contributed by atoms with Crippen LogP contribution in [-0.2, 0) is 4.74 Å². The molecule has 1 nitrogen and oxygen atoms in total. The summed E-state index contributed by atoms with van der Waals surface area (Å²) < 4.78 is 5.20. The molecule has 0 aromatic rings. The largest absolute Gasteiger partial charge is 0.357 e. The Morgan fingerprint density at radius 3 is 1.75 bits per heavy atom.